The first-order valence-corrected chi connectivity index (χ1v) is 17.5. The van der Waals surface area contributed by atoms with Gasteiger partial charge in [0.2, 0.25) is 23.6 Å². The van der Waals surface area contributed by atoms with Crippen molar-refractivity contribution in [3.8, 4) is 11.5 Å². The first-order chi connectivity index (χ1) is 24.7. The second kappa shape index (κ2) is 12.4. The van der Waals surface area contributed by atoms with Gasteiger partial charge in [-0.3, -0.25) is 24.1 Å². The van der Waals surface area contributed by atoms with E-state index in [9.17, 15) is 19.5 Å². The molecular formula is C42H35ClN2O6. The van der Waals surface area contributed by atoms with Crippen LogP contribution < -0.4 is 14.5 Å². The zero-order valence-electron chi connectivity index (χ0n) is 27.9. The Morgan fingerprint density at radius 1 is 0.863 bits per heavy atom. The van der Waals surface area contributed by atoms with Gasteiger partial charge < -0.3 is 9.84 Å². The maximum Gasteiger partial charge on any atom is 0.246 e. The lowest BCUT2D eigenvalue weighted by Gasteiger charge is -2.50. The maximum absolute atomic E-state index is 15.4. The number of imide groups is 2. The van der Waals surface area contributed by atoms with Gasteiger partial charge in [-0.05, 0) is 84.8 Å². The van der Waals surface area contributed by atoms with Crippen LogP contribution in [-0.4, -0.2) is 35.3 Å². The Hall–Kier alpha value is -5.47. The molecule has 0 bridgehead atoms. The summed E-state index contributed by atoms with van der Waals surface area (Å²) in [5, 5.41) is 11.1. The van der Waals surface area contributed by atoms with E-state index in [0.29, 0.717) is 40.6 Å². The highest BCUT2D eigenvalue weighted by Crippen LogP contribution is 2.65. The number of carbonyl (C=O) groups excluding carboxylic acids is 4. The number of aromatic hydroxyl groups is 1. The van der Waals surface area contributed by atoms with E-state index < -0.39 is 46.8 Å². The summed E-state index contributed by atoms with van der Waals surface area (Å²) in [6.45, 7) is 5.91. The van der Waals surface area contributed by atoms with Gasteiger partial charge in [-0.2, -0.15) is 0 Å². The number of benzene rings is 4. The Morgan fingerprint density at radius 2 is 1.63 bits per heavy atom. The molecule has 2 aliphatic heterocycles. The van der Waals surface area contributed by atoms with Crippen molar-refractivity contribution in [1.29, 1.82) is 0 Å². The van der Waals surface area contributed by atoms with E-state index in [2.05, 4.69) is 6.58 Å². The Balaban J connectivity index is 1.35. The number of rotatable bonds is 7. The van der Waals surface area contributed by atoms with E-state index in [1.165, 1.54) is 9.80 Å². The standard InChI is InChI=1S/C42H35ClN2O6/c1-3-24-13-16-28(17-14-24)44-38(47)31-19-18-30-32(36(31)40(44)49)23-33-39(48)45(29-12-8-11-27(43)22-29)41(50)42(33,26-9-6-5-7-10-26)37(30)25-15-20-34(46)35(21-25)51-4-2/h3,5-18,20-22,31-33,36-37,46H,1,4,19,23H2,2H3/t31-,32+,33-,36-,37-,42+/m0/s1. The molecule has 3 fully saturated rings. The lowest BCUT2D eigenvalue weighted by Crippen LogP contribution is -2.53. The molecule has 4 aliphatic rings. The molecule has 2 heterocycles. The summed E-state index contributed by atoms with van der Waals surface area (Å²) in [5.74, 6) is -4.72. The fraction of sp³-hybridized carbons (Fsp3) is 0.238. The summed E-state index contributed by atoms with van der Waals surface area (Å²) in [5.41, 5.74) is 2.41. The van der Waals surface area contributed by atoms with E-state index in [4.69, 9.17) is 16.3 Å². The van der Waals surface area contributed by atoms with Crippen LogP contribution in [0.4, 0.5) is 11.4 Å². The van der Waals surface area contributed by atoms with Crippen molar-refractivity contribution in [3.05, 3.63) is 137 Å². The Morgan fingerprint density at radius 3 is 2.33 bits per heavy atom. The summed E-state index contributed by atoms with van der Waals surface area (Å²) in [7, 11) is 0. The first-order valence-electron chi connectivity index (χ1n) is 17.2. The van der Waals surface area contributed by atoms with Gasteiger partial charge in [-0.15, -0.1) is 0 Å². The highest BCUT2D eigenvalue weighted by molar-refractivity contribution is 6.32. The van der Waals surface area contributed by atoms with Crippen LogP contribution in [0.1, 0.15) is 42.4 Å². The molecule has 4 amide bonds. The monoisotopic (exact) mass is 698 g/mol. The predicted molar refractivity (Wildman–Crippen MR) is 194 cm³/mol. The first kappa shape index (κ1) is 32.7. The van der Waals surface area contributed by atoms with E-state index in [1.54, 1.807) is 60.7 Å². The minimum Gasteiger partial charge on any atom is -0.504 e. The minimum atomic E-state index is -1.43. The number of hydrogen-bond acceptors (Lipinski definition) is 6. The fourth-order valence-corrected chi connectivity index (χ4v) is 9.30. The molecule has 8 nitrogen and oxygen atoms in total. The summed E-state index contributed by atoms with van der Waals surface area (Å²) >= 11 is 6.41. The molecule has 1 N–H and O–H groups in total. The summed E-state index contributed by atoms with van der Waals surface area (Å²) in [6.07, 6.45) is 4.19. The van der Waals surface area contributed by atoms with Gasteiger partial charge >= 0.3 is 0 Å². The van der Waals surface area contributed by atoms with Crippen molar-refractivity contribution >= 4 is 52.7 Å². The summed E-state index contributed by atoms with van der Waals surface area (Å²) < 4.78 is 5.83. The van der Waals surface area contributed by atoms with Crippen LogP contribution >= 0.6 is 11.6 Å². The number of phenols is 1. The van der Waals surface area contributed by atoms with Crippen molar-refractivity contribution < 1.29 is 29.0 Å². The van der Waals surface area contributed by atoms with E-state index >= 15 is 4.79 Å². The van der Waals surface area contributed by atoms with E-state index in [-0.39, 0.29) is 29.7 Å². The number of anilines is 2. The number of fused-ring (bicyclic) bond motifs is 4. The van der Waals surface area contributed by atoms with Crippen molar-refractivity contribution in [2.24, 2.45) is 23.7 Å². The second-order valence-electron chi connectivity index (χ2n) is 13.6. The SMILES string of the molecule is C=Cc1ccc(N2C(=O)[C@H]3[C@H](CC=C4[C@H]3C[C@H]3C(=O)N(c5cccc(Cl)c5)C(=O)[C@@]3(c3ccccc3)[C@H]4c3ccc(O)c(OCC)c3)C2=O)cc1. The Bertz CT molecular complexity index is 2150. The minimum absolute atomic E-state index is 0.0555. The smallest absolute Gasteiger partial charge is 0.246 e. The molecule has 0 radical (unpaired) electrons. The normalized spacial score (nSPS) is 26.8. The van der Waals surface area contributed by atoms with Crippen molar-refractivity contribution in [3.63, 3.8) is 0 Å². The van der Waals surface area contributed by atoms with Crippen molar-refractivity contribution in [2.45, 2.75) is 31.1 Å². The Labute approximate surface area is 300 Å². The van der Waals surface area contributed by atoms with Crippen LogP contribution in [0.3, 0.4) is 0 Å². The van der Waals surface area contributed by atoms with Gasteiger partial charge in [0.05, 0.1) is 41.2 Å². The third-order valence-electron chi connectivity index (χ3n) is 11.2. The van der Waals surface area contributed by atoms with Crippen LogP contribution in [0.25, 0.3) is 6.08 Å². The largest absolute Gasteiger partial charge is 0.504 e. The highest BCUT2D eigenvalue weighted by Gasteiger charge is 2.70. The fourth-order valence-electron chi connectivity index (χ4n) is 9.11. The van der Waals surface area contributed by atoms with Gasteiger partial charge in [-0.1, -0.05) is 90.5 Å². The third-order valence-corrected chi connectivity index (χ3v) is 11.4. The van der Waals surface area contributed by atoms with Gasteiger partial charge in [-0.25, -0.2) is 4.90 Å². The van der Waals surface area contributed by atoms with Crippen LogP contribution in [0.5, 0.6) is 11.5 Å². The molecular weight excluding hydrogens is 664 g/mol. The molecule has 0 aromatic heterocycles. The van der Waals surface area contributed by atoms with Crippen LogP contribution in [0.15, 0.2) is 115 Å². The molecule has 0 unspecified atom stereocenters. The highest BCUT2D eigenvalue weighted by atomic mass is 35.5. The molecule has 9 heteroatoms. The van der Waals surface area contributed by atoms with Crippen LogP contribution in [-0.2, 0) is 24.6 Å². The van der Waals surface area contributed by atoms with E-state index in [0.717, 1.165) is 11.1 Å². The number of phenolic OH excluding ortho intramolecular Hbond substituents is 1. The van der Waals surface area contributed by atoms with Gasteiger partial charge in [0, 0.05) is 10.9 Å². The number of carbonyl (C=O) groups is 4. The molecule has 256 valence electrons. The van der Waals surface area contributed by atoms with Crippen molar-refractivity contribution in [2.75, 3.05) is 16.4 Å². The molecule has 4 aromatic rings. The summed E-state index contributed by atoms with van der Waals surface area (Å²) in [6, 6.07) is 28.2. The number of ether oxygens (including phenoxy) is 1. The molecule has 8 rings (SSSR count). The number of allylic oxidation sites excluding steroid dienone is 2. The predicted octanol–water partition coefficient (Wildman–Crippen LogP) is 7.45. The number of nitrogens with zero attached hydrogens (tertiary/aromatic N) is 2. The average Bonchev–Trinajstić information content (AvgIpc) is 3.53. The summed E-state index contributed by atoms with van der Waals surface area (Å²) in [4.78, 5) is 61.4. The molecule has 6 atom stereocenters. The molecule has 51 heavy (non-hydrogen) atoms. The quantitative estimate of drug-likeness (QED) is 0.159. The Kier molecular flexibility index (Phi) is 7.95. The van der Waals surface area contributed by atoms with Gasteiger partial charge in [0.15, 0.2) is 11.5 Å². The lowest BCUT2D eigenvalue weighted by molar-refractivity contribution is -0.127. The zero-order valence-corrected chi connectivity index (χ0v) is 28.6. The average molecular weight is 699 g/mol. The number of hydrogen-bond donors (Lipinski definition) is 1. The van der Waals surface area contributed by atoms with Crippen molar-refractivity contribution in [1.82, 2.24) is 0 Å². The molecule has 0 spiro atoms. The molecule has 2 saturated heterocycles. The number of amides is 4. The van der Waals surface area contributed by atoms with Crippen LogP contribution in [0.2, 0.25) is 5.02 Å². The maximum atomic E-state index is 15.4. The molecule has 4 aromatic carbocycles. The van der Waals surface area contributed by atoms with Crippen LogP contribution in [0, 0.1) is 23.7 Å². The van der Waals surface area contributed by atoms with Gasteiger partial charge in [0.25, 0.3) is 0 Å². The molecule has 1 saturated carbocycles. The third kappa shape index (κ3) is 4.80. The zero-order chi connectivity index (χ0) is 35.6. The van der Waals surface area contributed by atoms with Gasteiger partial charge in [0.1, 0.15) is 0 Å². The topological polar surface area (TPSA) is 104 Å². The molecule has 2 aliphatic carbocycles. The van der Waals surface area contributed by atoms with E-state index in [1.807, 2.05) is 55.5 Å². The lowest BCUT2D eigenvalue weighted by atomic mass is 9.49. The second-order valence-corrected chi connectivity index (χ2v) is 14.0. The number of halogens is 1.